The highest BCUT2D eigenvalue weighted by molar-refractivity contribution is 6.25. The van der Waals surface area contributed by atoms with E-state index < -0.39 is 78.4 Å². The van der Waals surface area contributed by atoms with Gasteiger partial charge in [0, 0.05) is 27.8 Å². The molecule has 4 heteroatoms. The number of aromatic nitrogens is 4. The molecule has 260 valence electrons. The fourth-order valence-electron chi connectivity index (χ4n) is 8.51. The number of nitrogens with zero attached hydrogens (tertiary/aromatic N) is 4. The van der Waals surface area contributed by atoms with Gasteiger partial charge in [-0.2, -0.15) is 9.97 Å². The van der Waals surface area contributed by atoms with Crippen molar-refractivity contribution in [3.05, 3.63) is 204 Å². The molecule has 0 bridgehead atoms. The lowest BCUT2D eigenvalue weighted by molar-refractivity contribution is 0.945. The second-order valence-corrected chi connectivity index (χ2v) is 13.8. The summed E-state index contributed by atoms with van der Waals surface area (Å²) in [6, 6.07) is 30.4. The highest BCUT2D eigenvalue weighted by Crippen LogP contribution is 2.49. The third-order valence-corrected chi connectivity index (χ3v) is 10.9. The molecule has 0 saturated heterocycles. The summed E-state index contributed by atoms with van der Waals surface area (Å²) in [6.07, 6.45) is 0. The van der Waals surface area contributed by atoms with Crippen LogP contribution in [0.1, 0.15) is 39.1 Å². The minimum atomic E-state index is -1.56. The molecule has 2 aromatic heterocycles. The van der Waals surface area contributed by atoms with E-state index in [1.54, 1.807) is 0 Å². The second-order valence-electron chi connectivity index (χ2n) is 13.8. The molecule has 0 amide bonds. The smallest absolute Gasteiger partial charge is 0.238 e. The van der Waals surface area contributed by atoms with Crippen LogP contribution in [0.25, 0.3) is 94.0 Å². The zero-order valence-electron chi connectivity index (χ0n) is 41.3. The molecule has 0 radical (unpaired) electrons. The van der Waals surface area contributed by atoms with Gasteiger partial charge in [-0.3, -0.25) is 4.57 Å². The van der Waals surface area contributed by atoms with Crippen molar-refractivity contribution in [2.24, 2.45) is 0 Å². The Balaban J connectivity index is 1.23. The maximum absolute atomic E-state index is 9.65. The summed E-state index contributed by atoms with van der Waals surface area (Å²) in [5.41, 5.74) is 0.909. The van der Waals surface area contributed by atoms with E-state index in [1.807, 2.05) is 95.6 Å². The summed E-state index contributed by atoms with van der Waals surface area (Å²) in [7, 11) is 0. The SMILES string of the molecule is [2H]c1c([2H])c([2H])c(C2c3c([2H])c([2H])c([2H])c([2H])c3-c3c([2H])c([2H])c([2H])c([2H])c32)c(-c2nc(-c3ccc4c5ccccc5c5ccccc5c4c3)nc(-n3c4ccccc4c4ccccc43)n2)c1[2H]. The quantitative estimate of drug-likeness (QED) is 0.170. The lowest BCUT2D eigenvalue weighted by Gasteiger charge is -2.19. The highest BCUT2D eigenvalue weighted by atomic mass is 15.2. The molecule has 11 aromatic rings. The van der Waals surface area contributed by atoms with Crippen molar-refractivity contribution in [2.75, 3.05) is 0 Å². The molecule has 0 N–H and O–H groups in total. The van der Waals surface area contributed by atoms with E-state index >= 15 is 0 Å². The molecule has 0 saturated carbocycles. The maximum Gasteiger partial charge on any atom is 0.238 e. The van der Waals surface area contributed by atoms with Gasteiger partial charge in [-0.25, -0.2) is 4.98 Å². The predicted octanol–water partition coefficient (Wildman–Crippen LogP) is 12.9. The van der Waals surface area contributed by atoms with Crippen LogP contribution in [0.4, 0.5) is 0 Å². The summed E-state index contributed by atoms with van der Waals surface area (Å²) < 4.78 is 111. The van der Waals surface area contributed by atoms with Crippen LogP contribution < -0.4 is 0 Å². The van der Waals surface area contributed by atoms with Gasteiger partial charge in [0.1, 0.15) is 0 Å². The Morgan fingerprint density at radius 3 is 1.39 bits per heavy atom. The van der Waals surface area contributed by atoms with Crippen LogP contribution in [0.15, 0.2) is 188 Å². The monoisotopic (exact) mass is 724 g/mol. The molecule has 4 nitrogen and oxygen atoms in total. The van der Waals surface area contributed by atoms with E-state index in [0.29, 0.717) is 5.56 Å². The van der Waals surface area contributed by atoms with E-state index in [1.165, 1.54) is 0 Å². The summed E-state index contributed by atoms with van der Waals surface area (Å²) in [4.78, 5) is 15.3. The average Bonchev–Trinajstić information content (AvgIpc) is 3.90. The van der Waals surface area contributed by atoms with Crippen molar-refractivity contribution < 1.29 is 16.4 Å². The van der Waals surface area contributed by atoms with Gasteiger partial charge in [-0.15, -0.1) is 0 Å². The van der Waals surface area contributed by atoms with E-state index in [-0.39, 0.29) is 51.0 Å². The normalized spacial score (nSPS) is 15.6. The van der Waals surface area contributed by atoms with Gasteiger partial charge in [0.2, 0.25) is 5.95 Å². The van der Waals surface area contributed by atoms with E-state index in [9.17, 15) is 5.48 Å². The molecule has 56 heavy (non-hydrogen) atoms. The zero-order chi connectivity index (χ0) is 47.2. The lowest BCUT2D eigenvalue weighted by atomic mass is 9.86. The lowest BCUT2D eigenvalue weighted by Crippen LogP contribution is -2.08. The van der Waals surface area contributed by atoms with Crippen molar-refractivity contribution in [3.8, 4) is 39.9 Å². The molecular weight excluding hydrogens is 681 g/mol. The minimum absolute atomic E-state index is 0.111. The Kier molecular flexibility index (Phi) is 4.61. The van der Waals surface area contributed by atoms with E-state index in [0.717, 1.165) is 54.1 Å². The third kappa shape index (κ3) is 4.50. The zero-order valence-corrected chi connectivity index (χ0v) is 29.3. The fraction of sp³-hybridized carbons (Fsp3) is 0.0192. The third-order valence-electron chi connectivity index (χ3n) is 10.9. The molecule has 0 unspecified atom stereocenters. The number of rotatable bonds is 4. The number of fused-ring (bicyclic) bond motifs is 12. The van der Waals surface area contributed by atoms with Crippen LogP contribution in [-0.2, 0) is 0 Å². The molecule has 12 rings (SSSR count). The second kappa shape index (κ2) is 12.0. The van der Waals surface area contributed by atoms with Crippen LogP contribution in [0.3, 0.4) is 0 Å². The summed E-state index contributed by atoms with van der Waals surface area (Å²) in [6.45, 7) is 0. The maximum atomic E-state index is 9.65. The van der Waals surface area contributed by atoms with Gasteiger partial charge >= 0.3 is 0 Å². The molecule has 0 spiro atoms. The molecule has 0 aliphatic heterocycles. The first-order valence-corrected chi connectivity index (χ1v) is 18.2. The Bertz CT molecular complexity index is 3940. The Morgan fingerprint density at radius 1 is 0.393 bits per heavy atom. The van der Waals surface area contributed by atoms with Gasteiger partial charge < -0.3 is 0 Å². The molecule has 9 aromatic carbocycles. The minimum Gasteiger partial charge on any atom is -0.278 e. The van der Waals surface area contributed by atoms with Crippen LogP contribution in [-0.4, -0.2) is 19.5 Å². The van der Waals surface area contributed by atoms with Gasteiger partial charge in [0.05, 0.1) is 27.5 Å². The first kappa shape index (κ1) is 21.5. The summed E-state index contributed by atoms with van der Waals surface area (Å²) in [5, 5.41) is 7.90. The first-order chi connectivity index (χ1) is 32.8. The molecule has 1 aliphatic carbocycles. The molecule has 1 aliphatic rings. The first-order valence-electron chi connectivity index (χ1n) is 24.2. The Labute approximate surface area is 339 Å². The standard InChI is InChI=1S/C52H32N4/c1-2-17-35-33(15-1)34-16-3-4-20-38(34)46-31-32(29-30-39(35)46)50-53-51(55-52(54-50)56-47-27-13-11-21-40(47)41-22-12-14-28-48(41)56)45-26-10-9-25-44(45)49-42-23-7-5-18-36(42)37-19-6-8-24-43(37)49/h1-31,49H/i5D,6D,7D,8D,9D,10D,18D,19D,23D,24D,25D,26D. The van der Waals surface area contributed by atoms with Gasteiger partial charge in [0.25, 0.3) is 0 Å². The molecular formula is C52H32N4. The van der Waals surface area contributed by atoms with Crippen molar-refractivity contribution >= 4 is 54.1 Å². The van der Waals surface area contributed by atoms with Crippen molar-refractivity contribution in [1.29, 1.82) is 0 Å². The number of para-hydroxylation sites is 2. The van der Waals surface area contributed by atoms with Crippen molar-refractivity contribution in [1.82, 2.24) is 19.5 Å². The van der Waals surface area contributed by atoms with Crippen molar-refractivity contribution in [3.63, 3.8) is 0 Å². The molecule has 2 heterocycles. The molecule has 0 atom stereocenters. The Hall–Kier alpha value is -7.43. The van der Waals surface area contributed by atoms with Gasteiger partial charge in [0.15, 0.2) is 11.6 Å². The molecule has 0 fully saturated rings. The number of hydrogen-bond donors (Lipinski definition) is 0. The van der Waals surface area contributed by atoms with Crippen molar-refractivity contribution in [2.45, 2.75) is 5.92 Å². The van der Waals surface area contributed by atoms with E-state index in [4.69, 9.17) is 25.9 Å². The predicted molar refractivity (Wildman–Crippen MR) is 230 cm³/mol. The summed E-state index contributed by atoms with van der Waals surface area (Å²) >= 11 is 0. The largest absolute Gasteiger partial charge is 0.278 e. The van der Waals surface area contributed by atoms with Gasteiger partial charge in [-0.05, 0) is 78.3 Å². The average molecular weight is 725 g/mol. The summed E-state index contributed by atoms with van der Waals surface area (Å²) in [5.74, 6) is -1.49. The van der Waals surface area contributed by atoms with Gasteiger partial charge in [-0.1, -0.05) is 170 Å². The number of benzene rings is 9. The van der Waals surface area contributed by atoms with E-state index in [2.05, 4.69) is 24.3 Å². The fourth-order valence-corrected chi connectivity index (χ4v) is 8.51. The highest BCUT2D eigenvalue weighted by Gasteiger charge is 2.32. The Morgan fingerprint density at radius 2 is 0.821 bits per heavy atom. The van der Waals surface area contributed by atoms with Crippen LogP contribution in [0.2, 0.25) is 0 Å². The van der Waals surface area contributed by atoms with Crippen LogP contribution >= 0.6 is 0 Å². The topological polar surface area (TPSA) is 43.6 Å². The van der Waals surface area contributed by atoms with Crippen LogP contribution in [0, 0.1) is 0 Å². The number of hydrogen-bond acceptors (Lipinski definition) is 3. The van der Waals surface area contributed by atoms with Crippen LogP contribution in [0.5, 0.6) is 0 Å².